The zero-order valence-corrected chi connectivity index (χ0v) is 17.7. The first kappa shape index (κ1) is 20.8. The van der Waals surface area contributed by atoms with E-state index < -0.39 is 5.41 Å². The molecule has 4 N–H and O–H groups in total. The van der Waals surface area contributed by atoms with Crippen molar-refractivity contribution in [2.45, 2.75) is 33.1 Å². The zero-order chi connectivity index (χ0) is 22.0. The third kappa shape index (κ3) is 4.22. The molecular weight excluding hydrogens is 392 g/mol. The molecule has 7 heteroatoms. The number of aryl methyl sites for hydroxylation is 1. The molecule has 1 aliphatic rings. The van der Waals surface area contributed by atoms with Crippen LogP contribution < -0.4 is 10.6 Å². The number of hydrogen-bond acceptors (Lipinski definition) is 5. The maximum atomic E-state index is 12.7. The van der Waals surface area contributed by atoms with Gasteiger partial charge in [-0.3, -0.25) is 9.59 Å². The minimum atomic E-state index is -0.921. The predicted molar refractivity (Wildman–Crippen MR) is 121 cm³/mol. The summed E-state index contributed by atoms with van der Waals surface area (Å²) in [5.41, 5.74) is 3.91. The van der Waals surface area contributed by atoms with E-state index in [1.165, 1.54) is 0 Å². The Bertz CT molecular complexity index is 1120. The molecule has 0 saturated heterocycles. The van der Waals surface area contributed by atoms with Crippen LogP contribution in [-0.4, -0.2) is 33.4 Å². The molecule has 0 aliphatic heterocycles. The van der Waals surface area contributed by atoms with Crippen molar-refractivity contribution in [3.05, 3.63) is 59.9 Å². The van der Waals surface area contributed by atoms with E-state index in [4.69, 9.17) is 0 Å². The monoisotopic (exact) mass is 418 g/mol. The van der Waals surface area contributed by atoms with Crippen molar-refractivity contribution in [1.29, 1.82) is 0 Å². The topological polar surface area (TPSA) is 107 Å². The van der Waals surface area contributed by atoms with Crippen LogP contribution in [0, 0.1) is 5.41 Å². The highest BCUT2D eigenvalue weighted by atomic mass is 16.3. The van der Waals surface area contributed by atoms with E-state index in [-0.39, 0.29) is 18.3 Å². The van der Waals surface area contributed by atoms with Crippen molar-refractivity contribution in [2.24, 2.45) is 5.41 Å². The number of aromatic amines is 1. The second kappa shape index (κ2) is 8.35. The maximum absolute atomic E-state index is 12.7. The first-order valence-corrected chi connectivity index (χ1v) is 10.4. The number of Topliss-reactive ketones (excluding diaryl/α,β-unsaturated/α-hetero) is 1. The number of pyridine rings is 1. The van der Waals surface area contributed by atoms with Gasteiger partial charge in [-0.05, 0) is 51.0 Å². The average molecular weight is 418 g/mol. The number of nitrogens with zero attached hydrogens (tertiary/aromatic N) is 1. The Kier molecular flexibility index (Phi) is 5.61. The van der Waals surface area contributed by atoms with Crippen molar-refractivity contribution in [3.63, 3.8) is 0 Å². The van der Waals surface area contributed by atoms with Gasteiger partial charge in [0.15, 0.2) is 5.78 Å². The summed E-state index contributed by atoms with van der Waals surface area (Å²) in [6.07, 6.45) is 3.78. The summed E-state index contributed by atoms with van der Waals surface area (Å²) >= 11 is 0. The van der Waals surface area contributed by atoms with Crippen molar-refractivity contribution >= 4 is 28.9 Å². The Morgan fingerprint density at radius 3 is 2.71 bits per heavy atom. The van der Waals surface area contributed by atoms with E-state index in [0.29, 0.717) is 17.8 Å². The van der Waals surface area contributed by atoms with Crippen LogP contribution in [0.3, 0.4) is 0 Å². The number of anilines is 3. The molecule has 0 bridgehead atoms. The first-order chi connectivity index (χ1) is 14.9. The molecule has 0 spiro atoms. The first-order valence-electron chi connectivity index (χ1n) is 10.4. The third-order valence-electron chi connectivity index (χ3n) is 5.53. The number of aliphatic hydroxyl groups is 1. The minimum absolute atomic E-state index is 0.120. The molecule has 2 heterocycles. The molecule has 4 rings (SSSR count). The maximum Gasteiger partial charge on any atom is 0.233 e. The van der Waals surface area contributed by atoms with E-state index in [1.54, 1.807) is 26.1 Å². The molecule has 160 valence electrons. The number of benzene rings is 1. The summed E-state index contributed by atoms with van der Waals surface area (Å²) in [6, 6.07) is 13.3. The fraction of sp³-hybridized carbons (Fsp3) is 0.292. The molecule has 7 nitrogen and oxygen atoms in total. The van der Waals surface area contributed by atoms with E-state index in [0.717, 1.165) is 41.2 Å². The summed E-state index contributed by atoms with van der Waals surface area (Å²) in [6.45, 7) is 3.06. The largest absolute Gasteiger partial charge is 0.395 e. The van der Waals surface area contributed by atoms with Gasteiger partial charge in [0.2, 0.25) is 5.91 Å². The van der Waals surface area contributed by atoms with Gasteiger partial charge in [-0.15, -0.1) is 0 Å². The number of carbonyl (C=O) groups excluding carboxylic acids is 2. The second-order valence-corrected chi connectivity index (χ2v) is 8.42. The number of aliphatic hydroxyl groups excluding tert-OH is 1. The number of nitrogens with one attached hydrogen (secondary N) is 3. The van der Waals surface area contributed by atoms with Crippen LogP contribution in [0.15, 0.2) is 48.7 Å². The van der Waals surface area contributed by atoms with Gasteiger partial charge < -0.3 is 20.7 Å². The van der Waals surface area contributed by atoms with Crippen molar-refractivity contribution in [1.82, 2.24) is 9.97 Å². The molecule has 1 aliphatic carbocycles. The van der Waals surface area contributed by atoms with Gasteiger partial charge in [-0.2, -0.15) is 0 Å². The van der Waals surface area contributed by atoms with E-state index >= 15 is 0 Å². The van der Waals surface area contributed by atoms with Crippen LogP contribution in [0.25, 0.3) is 11.3 Å². The van der Waals surface area contributed by atoms with Gasteiger partial charge in [0.25, 0.3) is 0 Å². The van der Waals surface area contributed by atoms with Crippen LogP contribution in [0.1, 0.15) is 42.7 Å². The number of para-hydroxylation sites is 1. The molecule has 0 radical (unpaired) electrons. The number of aromatic nitrogens is 2. The number of carbonyl (C=O) groups is 2. The molecule has 1 aromatic carbocycles. The number of rotatable bonds is 6. The molecule has 3 aromatic rings. The van der Waals surface area contributed by atoms with Crippen LogP contribution in [0.2, 0.25) is 0 Å². The molecule has 0 atom stereocenters. The highest BCUT2D eigenvalue weighted by Crippen LogP contribution is 2.39. The Balaban J connectivity index is 1.74. The van der Waals surface area contributed by atoms with Crippen molar-refractivity contribution in [3.8, 4) is 11.3 Å². The molecule has 1 amide bonds. The standard InChI is InChI=1S/C24H26N4O3/c1-24(2,14-29)23(31)28-19-13-15(11-12-25-19)21-22(26-16-7-4-3-5-8-16)20-17(27-21)9-6-10-18(20)30/h3-5,7-8,11-13,26-27,29H,6,9-10,14H2,1-2H3,(H,25,28,31). The molecule has 0 fully saturated rings. The Morgan fingerprint density at radius 2 is 1.97 bits per heavy atom. The van der Waals surface area contributed by atoms with Gasteiger partial charge in [-0.25, -0.2) is 4.98 Å². The molecule has 31 heavy (non-hydrogen) atoms. The summed E-state index contributed by atoms with van der Waals surface area (Å²) < 4.78 is 0. The SMILES string of the molecule is CC(C)(CO)C(=O)Nc1cc(-c2[nH]c3c(c2Nc2ccccc2)C(=O)CCC3)ccn1. The number of hydrogen-bond donors (Lipinski definition) is 4. The minimum Gasteiger partial charge on any atom is -0.395 e. The molecule has 2 aromatic heterocycles. The van der Waals surface area contributed by atoms with E-state index in [2.05, 4.69) is 20.6 Å². The number of amides is 1. The van der Waals surface area contributed by atoms with Crippen molar-refractivity contribution in [2.75, 3.05) is 17.2 Å². The number of fused-ring (bicyclic) bond motifs is 1. The smallest absolute Gasteiger partial charge is 0.233 e. The van der Waals surface area contributed by atoms with Gasteiger partial charge in [0.1, 0.15) is 5.82 Å². The Hall–Kier alpha value is -3.45. The number of ketones is 1. The van der Waals surface area contributed by atoms with Gasteiger partial charge >= 0.3 is 0 Å². The zero-order valence-electron chi connectivity index (χ0n) is 17.7. The number of H-pyrrole nitrogens is 1. The quantitative estimate of drug-likeness (QED) is 0.478. The lowest BCUT2D eigenvalue weighted by Gasteiger charge is -2.20. The fourth-order valence-electron chi connectivity index (χ4n) is 3.62. The predicted octanol–water partition coefficient (Wildman–Crippen LogP) is 4.30. The Labute approximate surface area is 180 Å². The van der Waals surface area contributed by atoms with Crippen LogP contribution in [0.4, 0.5) is 17.2 Å². The molecule has 0 saturated carbocycles. The van der Waals surface area contributed by atoms with E-state index in [1.807, 2.05) is 36.4 Å². The Morgan fingerprint density at radius 1 is 1.19 bits per heavy atom. The fourth-order valence-corrected chi connectivity index (χ4v) is 3.62. The lowest BCUT2D eigenvalue weighted by Crippen LogP contribution is -2.34. The average Bonchev–Trinajstić information content (AvgIpc) is 3.14. The summed E-state index contributed by atoms with van der Waals surface area (Å²) in [5.74, 6) is 0.186. The lowest BCUT2D eigenvalue weighted by atomic mass is 9.94. The molecular formula is C24H26N4O3. The van der Waals surface area contributed by atoms with Gasteiger partial charge in [-0.1, -0.05) is 18.2 Å². The highest BCUT2D eigenvalue weighted by molar-refractivity contribution is 6.07. The molecule has 0 unspecified atom stereocenters. The summed E-state index contributed by atoms with van der Waals surface area (Å²) in [4.78, 5) is 32.9. The van der Waals surface area contributed by atoms with Crippen LogP contribution in [-0.2, 0) is 11.2 Å². The normalized spacial score (nSPS) is 13.6. The van der Waals surface area contributed by atoms with Crippen LogP contribution >= 0.6 is 0 Å². The van der Waals surface area contributed by atoms with Gasteiger partial charge in [0.05, 0.1) is 29.0 Å². The lowest BCUT2D eigenvalue weighted by molar-refractivity contribution is -0.125. The van der Waals surface area contributed by atoms with Crippen LogP contribution in [0.5, 0.6) is 0 Å². The van der Waals surface area contributed by atoms with Gasteiger partial charge in [0, 0.05) is 29.6 Å². The second-order valence-electron chi connectivity index (χ2n) is 8.42. The highest BCUT2D eigenvalue weighted by Gasteiger charge is 2.28. The van der Waals surface area contributed by atoms with Crippen molar-refractivity contribution < 1.29 is 14.7 Å². The summed E-state index contributed by atoms with van der Waals surface area (Å²) in [5, 5.41) is 15.6. The summed E-state index contributed by atoms with van der Waals surface area (Å²) in [7, 11) is 0. The van der Waals surface area contributed by atoms with E-state index in [9.17, 15) is 14.7 Å². The third-order valence-corrected chi connectivity index (χ3v) is 5.53.